The number of hydrogen-bond donors (Lipinski definition) is 0. The maximum absolute atomic E-state index is 2.61. The molecule has 1 heterocycles. The second kappa shape index (κ2) is 3.97. The van der Waals surface area contributed by atoms with Gasteiger partial charge in [-0.2, -0.15) is 0 Å². The molecule has 1 nitrogen and oxygen atoms in total. The topological polar surface area (TPSA) is 3.24 Å². The molecule has 0 aliphatic carbocycles. The second-order valence-electron chi connectivity index (χ2n) is 5.15. The smallest absolute Gasteiger partial charge is 0.0380 e. The molecular weight excluding hydrogens is 182 g/mol. The highest BCUT2D eigenvalue weighted by molar-refractivity contribution is 5.34. The van der Waals surface area contributed by atoms with Crippen molar-refractivity contribution in [1.82, 2.24) is 4.90 Å². The Morgan fingerprint density at radius 1 is 1.13 bits per heavy atom. The lowest BCUT2D eigenvalue weighted by atomic mass is 9.95. The van der Waals surface area contributed by atoms with Gasteiger partial charge in [0.05, 0.1) is 0 Å². The van der Waals surface area contributed by atoms with Crippen LogP contribution in [0, 0.1) is 5.92 Å². The molecule has 0 bridgehead atoms. The molecular formula is C14H21N. The van der Waals surface area contributed by atoms with E-state index in [9.17, 15) is 0 Å². The van der Waals surface area contributed by atoms with Crippen molar-refractivity contribution in [3.8, 4) is 0 Å². The zero-order chi connectivity index (χ0) is 11.0. The predicted molar refractivity (Wildman–Crippen MR) is 64.7 cm³/mol. The molecule has 0 unspecified atom stereocenters. The molecule has 1 aromatic rings. The molecule has 1 aromatic carbocycles. The van der Waals surface area contributed by atoms with Gasteiger partial charge in [0.1, 0.15) is 0 Å². The van der Waals surface area contributed by atoms with Crippen LogP contribution < -0.4 is 0 Å². The van der Waals surface area contributed by atoms with Gasteiger partial charge in [-0.15, -0.1) is 0 Å². The van der Waals surface area contributed by atoms with Crippen molar-refractivity contribution in [3.05, 3.63) is 35.4 Å². The van der Waals surface area contributed by atoms with Crippen molar-refractivity contribution < 1.29 is 0 Å². The Kier molecular flexibility index (Phi) is 2.83. The van der Waals surface area contributed by atoms with Crippen molar-refractivity contribution in [2.75, 3.05) is 0 Å². The molecule has 0 radical (unpaired) electrons. The molecule has 1 atom stereocenters. The maximum atomic E-state index is 2.61. The van der Waals surface area contributed by atoms with E-state index in [1.54, 1.807) is 5.56 Å². The SMILES string of the molecule is CC(C)[C@@H]1c2ccccc2CN1C(C)C. The van der Waals surface area contributed by atoms with Crippen LogP contribution in [0.4, 0.5) is 0 Å². The van der Waals surface area contributed by atoms with Gasteiger partial charge >= 0.3 is 0 Å². The van der Waals surface area contributed by atoms with E-state index < -0.39 is 0 Å². The molecule has 15 heavy (non-hydrogen) atoms. The van der Waals surface area contributed by atoms with Gasteiger partial charge in [-0.3, -0.25) is 4.90 Å². The van der Waals surface area contributed by atoms with Crippen molar-refractivity contribution >= 4 is 0 Å². The molecule has 0 spiro atoms. The van der Waals surface area contributed by atoms with Gasteiger partial charge in [0.2, 0.25) is 0 Å². The number of rotatable bonds is 2. The summed E-state index contributed by atoms with van der Waals surface area (Å²) in [6.07, 6.45) is 0. The summed E-state index contributed by atoms with van der Waals surface area (Å²) < 4.78 is 0. The van der Waals surface area contributed by atoms with Gasteiger partial charge in [0.25, 0.3) is 0 Å². The summed E-state index contributed by atoms with van der Waals surface area (Å²) in [5.74, 6) is 0.691. The van der Waals surface area contributed by atoms with E-state index in [4.69, 9.17) is 0 Å². The van der Waals surface area contributed by atoms with E-state index >= 15 is 0 Å². The lowest BCUT2D eigenvalue weighted by molar-refractivity contribution is 0.132. The van der Waals surface area contributed by atoms with E-state index in [0.717, 1.165) is 6.54 Å². The Hall–Kier alpha value is -0.820. The summed E-state index contributed by atoms with van der Waals surface area (Å²) >= 11 is 0. The van der Waals surface area contributed by atoms with Crippen LogP contribution in [0.1, 0.15) is 44.9 Å². The molecule has 0 saturated heterocycles. The summed E-state index contributed by atoms with van der Waals surface area (Å²) in [6.45, 7) is 10.4. The van der Waals surface area contributed by atoms with Crippen LogP contribution >= 0.6 is 0 Å². The van der Waals surface area contributed by atoms with Crippen molar-refractivity contribution in [1.29, 1.82) is 0 Å². The molecule has 82 valence electrons. The van der Waals surface area contributed by atoms with Crippen LogP contribution in [0.15, 0.2) is 24.3 Å². The molecule has 0 aromatic heterocycles. The standard InChI is InChI=1S/C14H21N/c1-10(2)14-13-8-6-5-7-12(13)9-15(14)11(3)4/h5-8,10-11,14H,9H2,1-4H3/t14-/m1/s1. The summed E-state index contributed by atoms with van der Waals surface area (Å²) in [7, 11) is 0. The Balaban J connectivity index is 2.38. The monoisotopic (exact) mass is 203 g/mol. The Morgan fingerprint density at radius 3 is 2.40 bits per heavy atom. The third kappa shape index (κ3) is 1.81. The van der Waals surface area contributed by atoms with Gasteiger partial charge in [-0.05, 0) is 30.9 Å². The Morgan fingerprint density at radius 2 is 1.80 bits per heavy atom. The second-order valence-corrected chi connectivity index (χ2v) is 5.15. The van der Waals surface area contributed by atoms with Crippen LogP contribution in [0.5, 0.6) is 0 Å². The number of benzene rings is 1. The third-order valence-corrected chi connectivity index (χ3v) is 3.38. The predicted octanol–water partition coefficient (Wildman–Crippen LogP) is 3.61. The zero-order valence-electron chi connectivity index (χ0n) is 10.2. The minimum atomic E-state index is 0.612. The first-order chi connectivity index (χ1) is 7.11. The molecule has 0 N–H and O–H groups in total. The van der Waals surface area contributed by atoms with E-state index in [1.165, 1.54) is 5.56 Å². The fourth-order valence-corrected chi connectivity index (χ4v) is 2.69. The van der Waals surface area contributed by atoms with Gasteiger partial charge in [0, 0.05) is 18.6 Å². The van der Waals surface area contributed by atoms with Crippen LogP contribution in [0.25, 0.3) is 0 Å². The summed E-state index contributed by atoms with van der Waals surface area (Å²) in [5.41, 5.74) is 3.06. The Bertz CT molecular complexity index is 341. The Labute approximate surface area is 93.1 Å². The third-order valence-electron chi connectivity index (χ3n) is 3.38. The highest BCUT2D eigenvalue weighted by atomic mass is 15.2. The lowest BCUT2D eigenvalue weighted by Crippen LogP contribution is -2.31. The van der Waals surface area contributed by atoms with Crippen molar-refractivity contribution in [3.63, 3.8) is 0 Å². The quantitative estimate of drug-likeness (QED) is 0.709. The average Bonchev–Trinajstić information content (AvgIpc) is 2.56. The fourth-order valence-electron chi connectivity index (χ4n) is 2.69. The normalized spacial score (nSPS) is 21.3. The molecule has 0 fully saturated rings. The molecule has 1 heteroatoms. The first-order valence-electron chi connectivity index (χ1n) is 5.94. The summed E-state index contributed by atoms with van der Waals surface area (Å²) in [5, 5.41) is 0. The lowest BCUT2D eigenvalue weighted by Gasteiger charge is -2.31. The molecule has 0 amide bonds. The van der Waals surface area contributed by atoms with E-state index in [-0.39, 0.29) is 0 Å². The minimum absolute atomic E-state index is 0.612. The maximum Gasteiger partial charge on any atom is 0.0380 e. The highest BCUT2D eigenvalue weighted by Gasteiger charge is 2.33. The van der Waals surface area contributed by atoms with Gasteiger partial charge < -0.3 is 0 Å². The van der Waals surface area contributed by atoms with Crippen LogP contribution in [-0.2, 0) is 6.54 Å². The van der Waals surface area contributed by atoms with Gasteiger partial charge in [0.15, 0.2) is 0 Å². The largest absolute Gasteiger partial charge is 0.289 e. The van der Waals surface area contributed by atoms with Crippen LogP contribution in [0.2, 0.25) is 0 Å². The van der Waals surface area contributed by atoms with E-state index in [0.29, 0.717) is 18.0 Å². The van der Waals surface area contributed by atoms with Gasteiger partial charge in [-0.25, -0.2) is 0 Å². The van der Waals surface area contributed by atoms with Crippen molar-refractivity contribution in [2.24, 2.45) is 5.92 Å². The summed E-state index contributed by atoms with van der Waals surface area (Å²) in [6, 6.07) is 10.1. The van der Waals surface area contributed by atoms with E-state index in [2.05, 4.69) is 56.9 Å². The fraction of sp³-hybridized carbons (Fsp3) is 0.571. The number of nitrogens with zero attached hydrogens (tertiary/aromatic N) is 1. The molecule has 2 rings (SSSR count). The van der Waals surface area contributed by atoms with E-state index in [1.807, 2.05) is 0 Å². The number of fused-ring (bicyclic) bond motifs is 1. The minimum Gasteiger partial charge on any atom is -0.289 e. The first kappa shape index (κ1) is 10.7. The summed E-state index contributed by atoms with van der Waals surface area (Å²) in [4.78, 5) is 2.61. The zero-order valence-corrected chi connectivity index (χ0v) is 10.2. The van der Waals surface area contributed by atoms with Gasteiger partial charge in [-0.1, -0.05) is 38.1 Å². The first-order valence-corrected chi connectivity index (χ1v) is 5.94. The van der Waals surface area contributed by atoms with Crippen LogP contribution in [-0.4, -0.2) is 10.9 Å². The molecule has 1 aliphatic heterocycles. The molecule has 1 aliphatic rings. The number of hydrogen-bond acceptors (Lipinski definition) is 1. The highest BCUT2D eigenvalue weighted by Crippen LogP contribution is 2.39. The van der Waals surface area contributed by atoms with Crippen molar-refractivity contribution in [2.45, 2.75) is 46.3 Å². The van der Waals surface area contributed by atoms with Crippen LogP contribution in [0.3, 0.4) is 0 Å². The molecule has 0 saturated carbocycles. The average molecular weight is 203 g/mol.